The number of benzene rings is 1. The van der Waals surface area contributed by atoms with Crippen molar-refractivity contribution in [3.05, 3.63) is 29.3 Å². The topological polar surface area (TPSA) is 12.5 Å². The lowest BCUT2D eigenvalue weighted by Crippen LogP contribution is -2.25. The number of rotatable bonds is 4. The maximum atomic E-state index is 5.87. The zero-order valence-corrected chi connectivity index (χ0v) is 12.8. The summed E-state index contributed by atoms with van der Waals surface area (Å²) >= 11 is 0. The third kappa shape index (κ3) is 3.97. The van der Waals surface area contributed by atoms with Crippen LogP contribution in [0.5, 0.6) is 5.75 Å². The molecule has 1 aliphatic rings. The molecule has 1 saturated heterocycles. The zero-order chi connectivity index (χ0) is 13.9. The Labute approximate surface area is 117 Å². The first-order valence-corrected chi connectivity index (χ1v) is 7.43. The van der Waals surface area contributed by atoms with Crippen LogP contribution in [-0.2, 0) is 5.41 Å². The SMILES string of the molecule is Cc1cc(OCCN2CCCC2)ccc1C(C)(C)C. The van der Waals surface area contributed by atoms with Gasteiger partial charge in [0.2, 0.25) is 0 Å². The number of hydrogen-bond acceptors (Lipinski definition) is 2. The highest BCUT2D eigenvalue weighted by molar-refractivity contribution is 5.38. The van der Waals surface area contributed by atoms with Crippen molar-refractivity contribution in [3.8, 4) is 5.75 Å². The van der Waals surface area contributed by atoms with E-state index in [-0.39, 0.29) is 5.41 Å². The molecule has 0 radical (unpaired) electrons. The molecule has 0 saturated carbocycles. The molecule has 1 fully saturated rings. The quantitative estimate of drug-likeness (QED) is 0.818. The molecule has 1 heterocycles. The molecule has 19 heavy (non-hydrogen) atoms. The van der Waals surface area contributed by atoms with Crippen molar-refractivity contribution < 1.29 is 4.74 Å². The van der Waals surface area contributed by atoms with E-state index in [4.69, 9.17) is 4.74 Å². The second kappa shape index (κ2) is 5.96. The summed E-state index contributed by atoms with van der Waals surface area (Å²) in [5.74, 6) is 1.00. The minimum Gasteiger partial charge on any atom is -0.492 e. The van der Waals surface area contributed by atoms with Crippen LogP contribution in [0, 0.1) is 6.92 Å². The second-order valence-electron chi connectivity index (χ2n) is 6.62. The van der Waals surface area contributed by atoms with Crippen molar-refractivity contribution in [1.29, 1.82) is 0 Å². The fourth-order valence-corrected chi connectivity index (χ4v) is 2.87. The minimum absolute atomic E-state index is 0.207. The van der Waals surface area contributed by atoms with Crippen LogP contribution in [-0.4, -0.2) is 31.1 Å². The van der Waals surface area contributed by atoms with Gasteiger partial charge >= 0.3 is 0 Å². The fourth-order valence-electron chi connectivity index (χ4n) is 2.87. The molecule has 1 aromatic rings. The molecule has 2 rings (SSSR count). The van der Waals surface area contributed by atoms with Crippen molar-refractivity contribution >= 4 is 0 Å². The van der Waals surface area contributed by atoms with E-state index in [0.29, 0.717) is 0 Å². The summed E-state index contributed by atoms with van der Waals surface area (Å²) in [6.07, 6.45) is 2.69. The van der Waals surface area contributed by atoms with E-state index >= 15 is 0 Å². The molecule has 2 heteroatoms. The molecule has 0 bridgehead atoms. The van der Waals surface area contributed by atoms with Crippen LogP contribution >= 0.6 is 0 Å². The molecular weight excluding hydrogens is 234 g/mol. The van der Waals surface area contributed by atoms with Gasteiger partial charge < -0.3 is 4.74 Å². The van der Waals surface area contributed by atoms with Crippen molar-refractivity contribution in [2.45, 2.75) is 46.0 Å². The average molecular weight is 261 g/mol. The van der Waals surface area contributed by atoms with E-state index < -0.39 is 0 Å². The minimum atomic E-state index is 0.207. The molecule has 0 N–H and O–H groups in total. The van der Waals surface area contributed by atoms with Gasteiger partial charge in [0.15, 0.2) is 0 Å². The van der Waals surface area contributed by atoms with Crippen LogP contribution in [0.1, 0.15) is 44.7 Å². The van der Waals surface area contributed by atoms with Crippen LogP contribution in [0.15, 0.2) is 18.2 Å². The van der Waals surface area contributed by atoms with Gasteiger partial charge in [-0.05, 0) is 61.5 Å². The van der Waals surface area contributed by atoms with E-state index in [1.165, 1.54) is 37.1 Å². The first-order chi connectivity index (χ1) is 8.97. The Bertz CT molecular complexity index is 414. The summed E-state index contributed by atoms with van der Waals surface area (Å²) in [5, 5.41) is 0. The van der Waals surface area contributed by atoms with Gasteiger partial charge in [-0.25, -0.2) is 0 Å². The Kier molecular flexibility index (Phi) is 4.51. The van der Waals surface area contributed by atoms with Gasteiger partial charge in [0.05, 0.1) is 0 Å². The summed E-state index contributed by atoms with van der Waals surface area (Å²) in [4.78, 5) is 2.48. The fraction of sp³-hybridized carbons (Fsp3) is 0.647. The molecule has 0 spiro atoms. The average Bonchev–Trinajstić information content (AvgIpc) is 2.80. The van der Waals surface area contributed by atoms with E-state index in [2.05, 4.69) is 50.8 Å². The van der Waals surface area contributed by atoms with Gasteiger partial charge in [-0.2, -0.15) is 0 Å². The third-order valence-corrected chi connectivity index (χ3v) is 3.88. The molecule has 0 atom stereocenters. The van der Waals surface area contributed by atoms with Crippen LogP contribution in [0.25, 0.3) is 0 Å². The molecule has 0 aliphatic carbocycles. The normalized spacial score (nSPS) is 16.8. The number of ether oxygens (including phenoxy) is 1. The Balaban J connectivity index is 1.89. The number of aryl methyl sites for hydroxylation is 1. The van der Waals surface area contributed by atoms with Crippen LogP contribution in [0.4, 0.5) is 0 Å². The summed E-state index contributed by atoms with van der Waals surface area (Å²) in [7, 11) is 0. The largest absolute Gasteiger partial charge is 0.492 e. The summed E-state index contributed by atoms with van der Waals surface area (Å²) in [6.45, 7) is 13.3. The van der Waals surface area contributed by atoms with Gasteiger partial charge in [-0.1, -0.05) is 26.8 Å². The lowest BCUT2D eigenvalue weighted by molar-refractivity contribution is 0.237. The zero-order valence-electron chi connectivity index (χ0n) is 12.8. The van der Waals surface area contributed by atoms with Gasteiger partial charge in [-0.3, -0.25) is 4.90 Å². The standard InChI is InChI=1S/C17H27NO/c1-14-13-15(7-8-16(14)17(2,3)4)19-12-11-18-9-5-6-10-18/h7-8,13H,5-6,9-12H2,1-4H3. The second-order valence-corrected chi connectivity index (χ2v) is 6.62. The monoisotopic (exact) mass is 261 g/mol. The van der Waals surface area contributed by atoms with Gasteiger partial charge in [-0.15, -0.1) is 0 Å². The van der Waals surface area contributed by atoms with Gasteiger partial charge in [0.25, 0.3) is 0 Å². The predicted octanol–water partition coefficient (Wildman–Crippen LogP) is 3.77. The Morgan fingerprint density at radius 2 is 1.84 bits per heavy atom. The van der Waals surface area contributed by atoms with E-state index in [9.17, 15) is 0 Å². The Morgan fingerprint density at radius 3 is 2.42 bits per heavy atom. The summed E-state index contributed by atoms with van der Waals surface area (Å²) < 4.78 is 5.87. The summed E-state index contributed by atoms with van der Waals surface area (Å²) in [6, 6.07) is 6.49. The molecule has 106 valence electrons. The molecule has 0 amide bonds. The van der Waals surface area contributed by atoms with Crippen molar-refractivity contribution in [2.24, 2.45) is 0 Å². The molecule has 2 nitrogen and oxygen atoms in total. The maximum Gasteiger partial charge on any atom is 0.119 e. The molecular formula is C17H27NO. The molecule has 0 unspecified atom stereocenters. The Morgan fingerprint density at radius 1 is 1.16 bits per heavy atom. The van der Waals surface area contributed by atoms with E-state index in [0.717, 1.165) is 18.9 Å². The molecule has 1 aliphatic heterocycles. The highest BCUT2D eigenvalue weighted by Gasteiger charge is 2.16. The van der Waals surface area contributed by atoms with Crippen LogP contribution in [0.2, 0.25) is 0 Å². The predicted molar refractivity (Wildman–Crippen MR) is 81.0 cm³/mol. The van der Waals surface area contributed by atoms with Crippen LogP contribution < -0.4 is 4.74 Å². The Hall–Kier alpha value is -1.02. The van der Waals surface area contributed by atoms with E-state index in [1.807, 2.05) is 0 Å². The highest BCUT2D eigenvalue weighted by atomic mass is 16.5. The summed E-state index contributed by atoms with van der Waals surface area (Å²) in [5.41, 5.74) is 2.93. The maximum absolute atomic E-state index is 5.87. The van der Waals surface area contributed by atoms with Crippen molar-refractivity contribution in [3.63, 3.8) is 0 Å². The number of likely N-dealkylation sites (tertiary alicyclic amines) is 1. The van der Waals surface area contributed by atoms with Gasteiger partial charge in [0.1, 0.15) is 12.4 Å². The van der Waals surface area contributed by atoms with Crippen molar-refractivity contribution in [2.75, 3.05) is 26.2 Å². The van der Waals surface area contributed by atoms with Crippen LogP contribution in [0.3, 0.4) is 0 Å². The first kappa shape index (κ1) is 14.4. The number of hydrogen-bond donors (Lipinski definition) is 0. The van der Waals surface area contributed by atoms with E-state index in [1.54, 1.807) is 0 Å². The lowest BCUT2D eigenvalue weighted by atomic mass is 9.84. The third-order valence-electron chi connectivity index (χ3n) is 3.88. The van der Waals surface area contributed by atoms with Crippen molar-refractivity contribution in [1.82, 2.24) is 4.90 Å². The smallest absolute Gasteiger partial charge is 0.119 e. The highest BCUT2D eigenvalue weighted by Crippen LogP contribution is 2.28. The molecule has 0 aromatic heterocycles. The molecule has 1 aromatic carbocycles. The lowest BCUT2D eigenvalue weighted by Gasteiger charge is -2.22. The number of nitrogens with zero attached hydrogens (tertiary/aromatic N) is 1. The first-order valence-electron chi connectivity index (χ1n) is 7.43. The van der Waals surface area contributed by atoms with Gasteiger partial charge in [0, 0.05) is 6.54 Å².